The van der Waals surface area contributed by atoms with E-state index >= 15 is 0 Å². The number of carbonyl (C=O) groups is 1. The van der Waals surface area contributed by atoms with Gasteiger partial charge in [-0.05, 0) is 54.8 Å². The lowest BCUT2D eigenvalue weighted by molar-refractivity contribution is -0.122. The molecule has 0 spiro atoms. The van der Waals surface area contributed by atoms with Gasteiger partial charge in [0.2, 0.25) is 5.91 Å². The minimum atomic E-state index is -0.0284. The normalized spacial score (nSPS) is 12.4. The van der Waals surface area contributed by atoms with Crippen molar-refractivity contribution in [2.75, 3.05) is 0 Å². The monoisotopic (exact) mass is 398 g/mol. The van der Waals surface area contributed by atoms with Crippen molar-refractivity contribution in [3.8, 4) is 10.6 Å². The molecule has 4 aromatic rings. The minimum Gasteiger partial charge on any atom is -0.469 e. The Morgan fingerprint density at radius 2 is 2.15 bits per heavy atom. The number of nitrogens with one attached hydrogen (secondary N) is 1. The molecule has 0 unspecified atom stereocenters. The van der Waals surface area contributed by atoms with Gasteiger partial charge in [0.1, 0.15) is 12.3 Å². The van der Waals surface area contributed by atoms with Crippen LogP contribution in [-0.4, -0.2) is 16.5 Å². The molecule has 0 bridgehead atoms. The topological polar surface area (TPSA) is 47.2 Å². The number of nitrogens with zero attached hydrogens (tertiary/aromatic N) is 1. The molecule has 3 aromatic heterocycles. The lowest BCUT2D eigenvalue weighted by Gasteiger charge is -2.15. The predicted molar refractivity (Wildman–Crippen MR) is 110 cm³/mol. The second kappa shape index (κ2) is 7.62. The lowest BCUT2D eigenvalue weighted by atomic mass is 10.2. The quantitative estimate of drug-likeness (QED) is 0.475. The van der Waals surface area contributed by atoms with Gasteiger partial charge < -0.3 is 14.3 Å². The highest BCUT2D eigenvalue weighted by atomic mass is 35.5. The molecule has 4 nitrogen and oxygen atoms in total. The van der Waals surface area contributed by atoms with Crippen LogP contribution in [0.25, 0.3) is 21.5 Å². The van der Waals surface area contributed by atoms with E-state index in [1.54, 1.807) is 17.6 Å². The Balaban J connectivity index is 1.58. The molecule has 138 valence electrons. The van der Waals surface area contributed by atoms with E-state index in [0.717, 1.165) is 27.2 Å². The van der Waals surface area contributed by atoms with Crippen LogP contribution in [0, 0.1) is 0 Å². The summed E-state index contributed by atoms with van der Waals surface area (Å²) in [4.78, 5) is 13.8. The summed E-state index contributed by atoms with van der Waals surface area (Å²) < 4.78 is 7.41. The van der Waals surface area contributed by atoms with Crippen LogP contribution in [0.3, 0.4) is 0 Å². The highest BCUT2D eigenvalue weighted by Gasteiger charge is 2.16. The molecule has 3 heterocycles. The Labute approximate surface area is 166 Å². The summed E-state index contributed by atoms with van der Waals surface area (Å²) in [5, 5.41) is 6.82. The van der Waals surface area contributed by atoms with Crippen molar-refractivity contribution in [1.29, 1.82) is 0 Å². The average molecular weight is 399 g/mol. The molecule has 0 saturated heterocycles. The van der Waals surface area contributed by atoms with Gasteiger partial charge in [0.25, 0.3) is 0 Å². The molecule has 6 heteroatoms. The van der Waals surface area contributed by atoms with Gasteiger partial charge in [0.05, 0.1) is 16.8 Å². The number of benzene rings is 1. The Morgan fingerprint density at radius 3 is 2.89 bits per heavy atom. The first kappa shape index (κ1) is 17.9. The molecule has 0 radical (unpaired) electrons. The number of amides is 1. The number of halogens is 1. The first-order valence-corrected chi connectivity index (χ1v) is 10.0. The van der Waals surface area contributed by atoms with Gasteiger partial charge in [-0.25, -0.2) is 0 Å². The van der Waals surface area contributed by atoms with E-state index in [9.17, 15) is 4.79 Å². The maximum Gasteiger partial charge on any atom is 0.240 e. The Morgan fingerprint density at radius 1 is 1.26 bits per heavy atom. The summed E-state index contributed by atoms with van der Waals surface area (Å²) in [6, 6.07) is 15.7. The number of carbonyl (C=O) groups excluding carboxylic acids is 1. The van der Waals surface area contributed by atoms with Gasteiger partial charge in [0.15, 0.2) is 0 Å². The maximum absolute atomic E-state index is 12.7. The highest BCUT2D eigenvalue weighted by Crippen LogP contribution is 2.32. The van der Waals surface area contributed by atoms with Crippen LogP contribution >= 0.6 is 22.9 Å². The van der Waals surface area contributed by atoms with Crippen LogP contribution in [0.15, 0.2) is 64.6 Å². The third kappa shape index (κ3) is 3.94. The van der Waals surface area contributed by atoms with Crippen molar-refractivity contribution in [3.05, 3.63) is 71.0 Å². The Bertz CT molecular complexity index is 1050. The lowest BCUT2D eigenvalue weighted by Crippen LogP contribution is -2.36. The molecule has 4 rings (SSSR count). The van der Waals surface area contributed by atoms with Crippen molar-refractivity contribution in [1.82, 2.24) is 9.88 Å². The van der Waals surface area contributed by atoms with Gasteiger partial charge >= 0.3 is 0 Å². The number of hydrogen-bond donors (Lipinski definition) is 1. The third-order valence-corrected chi connectivity index (χ3v) is 5.56. The van der Waals surface area contributed by atoms with Gasteiger partial charge in [-0.15, -0.1) is 11.3 Å². The zero-order chi connectivity index (χ0) is 18.8. The zero-order valence-electron chi connectivity index (χ0n) is 14.8. The van der Waals surface area contributed by atoms with Crippen molar-refractivity contribution in [2.45, 2.75) is 25.9 Å². The van der Waals surface area contributed by atoms with Crippen molar-refractivity contribution in [3.63, 3.8) is 0 Å². The van der Waals surface area contributed by atoms with Crippen LogP contribution in [-0.2, 0) is 17.8 Å². The third-order valence-electron chi connectivity index (χ3n) is 4.43. The van der Waals surface area contributed by atoms with Crippen molar-refractivity contribution >= 4 is 39.7 Å². The molecule has 1 aromatic carbocycles. The van der Waals surface area contributed by atoms with Gasteiger partial charge in [-0.3, -0.25) is 4.79 Å². The summed E-state index contributed by atoms with van der Waals surface area (Å²) >= 11 is 7.81. The molecular weight excluding hydrogens is 380 g/mol. The largest absolute Gasteiger partial charge is 0.469 e. The van der Waals surface area contributed by atoms with Crippen molar-refractivity contribution < 1.29 is 9.21 Å². The van der Waals surface area contributed by atoms with E-state index in [-0.39, 0.29) is 18.5 Å². The number of furan rings is 1. The van der Waals surface area contributed by atoms with Crippen LogP contribution in [0.4, 0.5) is 0 Å². The fourth-order valence-corrected chi connectivity index (χ4v) is 4.22. The van der Waals surface area contributed by atoms with E-state index < -0.39 is 0 Å². The number of rotatable bonds is 6. The van der Waals surface area contributed by atoms with Crippen LogP contribution in [0.5, 0.6) is 0 Å². The summed E-state index contributed by atoms with van der Waals surface area (Å²) in [5.74, 6) is 0.836. The van der Waals surface area contributed by atoms with Crippen LogP contribution in [0.1, 0.15) is 12.7 Å². The number of fused-ring (bicyclic) bond motifs is 1. The van der Waals surface area contributed by atoms with E-state index in [2.05, 4.69) is 17.4 Å². The van der Waals surface area contributed by atoms with E-state index in [0.29, 0.717) is 11.4 Å². The second-order valence-corrected chi connectivity index (χ2v) is 7.93. The van der Waals surface area contributed by atoms with Gasteiger partial charge in [-0.1, -0.05) is 17.7 Å². The van der Waals surface area contributed by atoms with Crippen molar-refractivity contribution in [2.24, 2.45) is 0 Å². The van der Waals surface area contributed by atoms with Crippen LogP contribution < -0.4 is 5.32 Å². The fraction of sp³-hybridized carbons (Fsp3) is 0.190. The number of aromatic nitrogens is 1. The fourth-order valence-electron chi connectivity index (χ4n) is 3.29. The number of hydrogen-bond acceptors (Lipinski definition) is 3. The minimum absolute atomic E-state index is 0.00916. The summed E-state index contributed by atoms with van der Waals surface area (Å²) in [7, 11) is 0. The molecule has 0 aliphatic rings. The predicted octanol–water partition coefficient (Wildman–Crippen LogP) is 5.36. The standard InChI is InChI=1S/C21H19ClN2O2S/c1-14(10-17-4-2-8-26-17)23-21(25)13-24-18-7-6-16(22)11-15(18)12-19(24)20-5-3-9-27-20/h2-9,11-12,14H,10,13H2,1H3,(H,23,25)/t14-/m1/s1. The highest BCUT2D eigenvalue weighted by molar-refractivity contribution is 7.13. The molecule has 0 aliphatic heterocycles. The average Bonchev–Trinajstić information content (AvgIpc) is 3.35. The summed E-state index contributed by atoms with van der Waals surface area (Å²) in [6.45, 7) is 2.23. The smallest absolute Gasteiger partial charge is 0.240 e. The molecule has 1 amide bonds. The first-order valence-electron chi connectivity index (χ1n) is 8.74. The Kier molecular flexibility index (Phi) is 5.05. The number of thiophene rings is 1. The molecule has 1 N–H and O–H groups in total. The second-order valence-electron chi connectivity index (χ2n) is 6.55. The van der Waals surface area contributed by atoms with Gasteiger partial charge in [0, 0.05) is 28.4 Å². The Hall–Kier alpha value is -2.50. The first-order chi connectivity index (χ1) is 13.1. The molecule has 0 saturated carbocycles. The molecule has 1 atom stereocenters. The molecule has 0 fully saturated rings. The van der Waals surface area contributed by atoms with E-state index in [4.69, 9.17) is 16.0 Å². The maximum atomic E-state index is 12.7. The van der Waals surface area contributed by atoms with E-state index in [1.165, 1.54) is 0 Å². The molecule has 27 heavy (non-hydrogen) atoms. The van der Waals surface area contributed by atoms with Gasteiger partial charge in [-0.2, -0.15) is 0 Å². The van der Waals surface area contributed by atoms with E-state index in [1.807, 2.05) is 53.3 Å². The molecular formula is C21H19ClN2O2S. The molecule has 0 aliphatic carbocycles. The summed E-state index contributed by atoms with van der Waals surface area (Å²) in [5.41, 5.74) is 2.02. The SMILES string of the molecule is C[C@H](Cc1ccco1)NC(=O)Cn1c(-c2cccs2)cc2cc(Cl)ccc21. The zero-order valence-corrected chi connectivity index (χ0v) is 16.4. The summed E-state index contributed by atoms with van der Waals surface area (Å²) in [6.07, 6.45) is 2.31. The van der Waals surface area contributed by atoms with Crippen LogP contribution in [0.2, 0.25) is 5.02 Å².